The van der Waals surface area contributed by atoms with Crippen LogP contribution in [-0.4, -0.2) is 66.0 Å². The molecule has 8 heteroatoms. The number of unbranched alkanes of at least 4 members (excludes halogenated alkanes) is 5. The van der Waals surface area contributed by atoms with Gasteiger partial charge < -0.3 is 14.1 Å². The minimum atomic E-state index is -0.378. The quantitative estimate of drug-likeness (QED) is 0.116. The third-order valence-corrected chi connectivity index (χ3v) is 6.14. The molecule has 1 fully saturated rings. The number of ether oxygens (including phenoxy) is 1. The van der Waals surface area contributed by atoms with Crippen molar-refractivity contribution < 1.29 is 23.7 Å². The van der Waals surface area contributed by atoms with E-state index in [-0.39, 0.29) is 22.5 Å². The average Bonchev–Trinajstić information content (AvgIpc) is 2.96. The fraction of sp³-hybridized carbons (Fsp3) is 0.600. The summed E-state index contributed by atoms with van der Waals surface area (Å²) in [6.45, 7) is 6.06. The number of allylic oxidation sites excluding steroid dienone is 1. The molecule has 1 aromatic rings. The molecule has 1 aliphatic rings. The molecule has 33 heavy (non-hydrogen) atoms. The number of non-ortho nitro benzene ring substituents is 1. The van der Waals surface area contributed by atoms with Crippen LogP contribution in [0.2, 0.25) is 0 Å². The largest absolute Gasteiger partial charge is 0.466 e. The zero-order valence-corrected chi connectivity index (χ0v) is 20.0. The van der Waals surface area contributed by atoms with Gasteiger partial charge in [0.15, 0.2) is 0 Å². The molecule has 1 aliphatic heterocycles. The van der Waals surface area contributed by atoms with E-state index in [0.29, 0.717) is 6.61 Å². The standard InChI is InChI=1S/C25H38N3O5/c1-22(29)33-20-9-7-5-3-4-6-8-11-25(30)26-16-10-18-28(2,19-17-26)21-23-12-14-24(15-13-23)27(31)32/h8,11-15H,3-7,9-10,16-21H2,1-2H3/q+1/b11-8+. The number of quaternary nitrogens is 1. The van der Waals surface area contributed by atoms with Crippen molar-refractivity contribution in [3.05, 3.63) is 52.1 Å². The Hall–Kier alpha value is -2.74. The van der Waals surface area contributed by atoms with Crippen LogP contribution in [0.25, 0.3) is 0 Å². The molecule has 182 valence electrons. The molecule has 1 atom stereocenters. The zero-order chi connectivity index (χ0) is 24.1. The maximum atomic E-state index is 12.6. The molecule has 1 aromatic carbocycles. The van der Waals surface area contributed by atoms with Gasteiger partial charge in [-0.05, 0) is 37.5 Å². The van der Waals surface area contributed by atoms with Gasteiger partial charge in [-0.3, -0.25) is 19.7 Å². The Morgan fingerprint density at radius 3 is 2.48 bits per heavy atom. The first-order valence-corrected chi connectivity index (χ1v) is 11.9. The number of hydrogen-bond acceptors (Lipinski definition) is 5. The van der Waals surface area contributed by atoms with Crippen molar-refractivity contribution >= 4 is 17.6 Å². The molecule has 1 heterocycles. The Kier molecular flexibility index (Phi) is 11.0. The van der Waals surface area contributed by atoms with E-state index in [2.05, 4.69) is 7.05 Å². The second-order valence-corrected chi connectivity index (χ2v) is 9.13. The van der Waals surface area contributed by atoms with Crippen LogP contribution in [0.4, 0.5) is 5.69 Å². The molecule has 0 saturated carbocycles. The molecule has 1 saturated heterocycles. The summed E-state index contributed by atoms with van der Waals surface area (Å²) in [7, 11) is 2.19. The second kappa shape index (κ2) is 13.7. The molecular weight excluding hydrogens is 422 g/mol. The predicted molar refractivity (Wildman–Crippen MR) is 127 cm³/mol. The minimum Gasteiger partial charge on any atom is -0.466 e. The Balaban J connectivity index is 1.67. The van der Waals surface area contributed by atoms with Crippen molar-refractivity contribution in [2.75, 3.05) is 39.8 Å². The Morgan fingerprint density at radius 1 is 1.09 bits per heavy atom. The Morgan fingerprint density at radius 2 is 1.79 bits per heavy atom. The number of amides is 1. The summed E-state index contributed by atoms with van der Waals surface area (Å²) in [5.74, 6) is -0.137. The number of nitro benzene ring substituents is 1. The van der Waals surface area contributed by atoms with E-state index in [1.807, 2.05) is 23.1 Å². The van der Waals surface area contributed by atoms with Crippen LogP contribution in [-0.2, 0) is 20.9 Å². The molecule has 1 amide bonds. The highest BCUT2D eigenvalue weighted by molar-refractivity contribution is 5.87. The van der Waals surface area contributed by atoms with Crippen LogP contribution in [0.15, 0.2) is 36.4 Å². The number of carbonyl (C=O) groups is 2. The van der Waals surface area contributed by atoms with Crippen molar-refractivity contribution in [2.45, 2.75) is 58.4 Å². The molecular formula is C25H38N3O5+. The maximum absolute atomic E-state index is 12.6. The highest BCUT2D eigenvalue weighted by Gasteiger charge is 2.28. The summed E-state index contributed by atoms with van der Waals surface area (Å²) in [6.07, 6.45) is 10.8. The molecule has 2 rings (SSSR count). The average molecular weight is 461 g/mol. The van der Waals surface area contributed by atoms with Crippen molar-refractivity contribution in [3.63, 3.8) is 0 Å². The Labute approximate surface area is 196 Å². The van der Waals surface area contributed by atoms with E-state index < -0.39 is 0 Å². The van der Waals surface area contributed by atoms with Gasteiger partial charge in [0.1, 0.15) is 6.54 Å². The monoisotopic (exact) mass is 460 g/mol. The lowest BCUT2D eigenvalue weighted by Gasteiger charge is -2.33. The number of nitro groups is 1. The molecule has 8 nitrogen and oxygen atoms in total. The van der Waals surface area contributed by atoms with E-state index in [4.69, 9.17) is 4.74 Å². The second-order valence-electron chi connectivity index (χ2n) is 9.13. The van der Waals surface area contributed by atoms with Crippen LogP contribution in [0.1, 0.15) is 57.4 Å². The lowest BCUT2D eigenvalue weighted by molar-refractivity contribution is -0.920. The minimum absolute atomic E-state index is 0.0835. The van der Waals surface area contributed by atoms with Gasteiger partial charge in [0, 0.05) is 37.6 Å². The van der Waals surface area contributed by atoms with Crippen LogP contribution in [0, 0.1) is 10.1 Å². The van der Waals surface area contributed by atoms with Gasteiger partial charge >= 0.3 is 5.97 Å². The Bertz CT molecular complexity index is 809. The molecule has 0 aromatic heterocycles. The number of rotatable bonds is 12. The number of likely N-dealkylation sites (N-methyl/N-ethyl adjacent to an activating group) is 1. The number of esters is 1. The first-order valence-electron chi connectivity index (χ1n) is 11.9. The van der Waals surface area contributed by atoms with Crippen molar-refractivity contribution in [1.29, 1.82) is 0 Å². The van der Waals surface area contributed by atoms with Gasteiger partial charge in [-0.15, -0.1) is 0 Å². The number of nitrogens with zero attached hydrogens (tertiary/aromatic N) is 3. The third-order valence-electron chi connectivity index (χ3n) is 6.14. The van der Waals surface area contributed by atoms with E-state index in [1.54, 1.807) is 18.2 Å². The van der Waals surface area contributed by atoms with E-state index in [9.17, 15) is 19.7 Å². The normalized spacial score (nSPS) is 18.8. The SMILES string of the molecule is CC(=O)OCCCCCCC/C=C/C(=O)N1CCC[N+](C)(Cc2ccc([N+](=O)[O-])cc2)CC1. The highest BCUT2D eigenvalue weighted by Crippen LogP contribution is 2.19. The summed E-state index contributed by atoms with van der Waals surface area (Å²) in [6, 6.07) is 6.78. The molecule has 0 aliphatic carbocycles. The summed E-state index contributed by atoms with van der Waals surface area (Å²) in [5, 5.41) is 10.8. The maximum Gasteiger partial charge on any atom is 0.302 e. The van der Waals surface area contributed by atoms with E-state index >= 15 is 0 Å². The first-order chi connectivity index (χ1) is 15.8. The fourth-order valence-corrected chi connectivity index (χ4v) is 4.17. The van der Waals surface area contributed by atoms with Gasteiger partial charge in [-0.25, -0.2) is 0 Å². The van der Waals surface area contributed by atoms with Gasteiger partial charge in [0.2, 0.25) is 5.91 Å². The molecule has 0 spiro atoms. The smallest absolute Gasteiger partial charge is 0.302 e. The number of hydrogen-bond donors (Lipinski definition) is 0. The fourth-order valence-electron chi connectivity index (χ4n) is 4.17. The van der Waals surface area contributed by atoms with Crippen LogP contribution in [0.3, 0.4) is 0 Å². The van der Waals surface area contributed by atoms with Crippen LogP contribution < -0.4 is 0 Å². The van der Waals surface area contributed by atoms with Gasteiger partial charge in [0.25, 0.3) is 5.69 Å². The molecule has 0 N–H and O–H groups in total. The first kappa shape index (κ1) is 26.5. The lowest BCUT2D eigenvalue weighted by Crippen LogP contribution is -2.46. The summed E-state index contributed by atoms with van der Waals surface area (Å²) >= 11 is 0. The molecule has 1 unspecified atom stereocenters. The summed E-state index contributed by atoms with van der Waals surface area (Å²) in [5.41, 5.74) is 1.19. The van der Waals surface area contributed by atoms with Gasteiger partial charge in [-0.2, -0.15) is 0 Å². The van der Waals surface area contributed by atoms with Gasteiger partial charge in [0.05, 0.1) is 38.2 Å². The van der Waals surface area contributed by atoms with E-state index in [1.165, 1.54) is 6.92 Å². The molecule has 0 bridgehead atoms. The van der Waals surface area contributed by atoms with Crippen LogP contribution >= 0.6 is 0 Å². The summed E-state index contributed by atoms with van der Waals surface area (Å²) < 4.78 is 5.74. The van der Waals surface area contributed by atoms with Gasteiger partial charge in [-0.1, -0.05) is 25.3 Å². The summed E-state index contributed by atoms with van der Waals surface area (Å²) in [4.78, 5) is 35.7. The van der Waals surface area contributed by atoms with Crippen LogP contribution in [0.5, 0.6) is 0 Å². The van der Waals surface area contributed by atoms with Crippen molar-refractivity contribution in [3.8, 4) is 0 Å². The number of benzene rings is 1. The highest BCUT2D eigenvalue weighted by atomic mass is 16.6. The number of carbonyl (C=O) groups excluding carboxylic acids is 2. The van der Waals surface area contributed by atoms with Crippen molar-refractivity contribution in [1.82, 2.24) is 4.90 Å². The molecule has 0 radical (unpaired) electrons. The topological polar surface area (TPSA) is 89.8 Å². The lowest BCUT2D eigenvalue weighted by atomic mass is 10.1. The van der Waals surface area contributed by atoms with Crippen molar-refractivity contribution in [2.24, 2.45) is 0 Å². The predicted octanol–water partition coefficient (Wildman–Crippen LogP) is 4.23. The van der Waals surface area contributed by atoms with E-state index in [0.717, 1.165) is 87.7 Å². The zero-order valence-electron chi connectivity index (χ0n) is 20.0. The third kappa shape index (κ3) is 10.2.